The molecule has 4 aromatic rings. The molecule has 0 unspecified atom stereocenters. The van der Waals surface area contributed by atoms with E-state index in [0.717, 1.165) is 6.07 Å². The monoisotopic (exact) mass is 609 g/mol. The van der Waals surface area contributed by atoms with Gasteiger partial charge in [0, 0.05) is 21.7 Å². The van der Waals surface area contributed by atoms with Gasteiger partial charge < -0.3 is 15.2 Å². The molecular formula is C27H22Cl2N3NaO6S. The Morgan fingerprint density at radius 1 is 1.02 bits per heavy atom. The molecule has 0 fully saturated rings. The first-order valence-corrected chi connectivity index (χ1v) is 13.9. The van der Waals surface area contributed by atoms with Crippen LogP contribution in [0.4, 0.5) is 17.1 Å². The molecular weight excluding hydrogens is 588 g/mol. The van der Waals surface area contributed by atoms with E-state index in [4.69, 9.17) is 27.9 Å². The zero-order valence-electron chi connectivity index (χ0n) is 21.7. The number of benzene rings is 4. The Morgan fingerprint density at radius 3 is 2.40 bits per heavy atom. The second-order valence-corrected chi connectivity index (χ2v) is 10.5. The Kier molecular flexibility index (Phi) is 10.6. The fourth-order valence-corrected chi connectivity index (χ4v) is 5.10. The molecule has 0 atom stereocenters. The molecule has 202 valence electrons. The van der Waals surface area contributed by atoms with Crippen molar-refractivity contribution in [1.29, 1.82) is 0 Å². The molecule has 4 rings (SSSR count). The van der Waals surface area contributed by atoms with Gasteiger partial charge in [-0.25, -0.2) is 0 Å². The summed E-state index contributed by atoms with van der Waals surface area (Å²) in [5.41, 5.74) is 0.300. The first-order valence-electron chi connectivity index (χ1n) is 11.7. The standard InChI is InChI=1S/C27H23Cl2N3O6S.Na/c1-3-15-12-22(24(14-20(15)28)39(35,36)37)31-32-25-18-8-6-5-7-16(18)11-19(26(25)33)27(34)30-17-9-10-23(38-4-2)21(29)13-17;/h5-14,33H,3-4H2,1-2H3,(H,30,34)(H,35,36,37);/q;+1/p-1. The van der Waals surface area contributed by atoms with Gasteiger partial charge in [0.1, 0.15) is 16.3 Å². The van der Waals surface area contributed by atoms with Crippen molar-refractivity contribution in [2.75, 3.05) is 11.9 Å². The molecule has 1 amide bonds. The van der Waals surface area contributed by atoms with Crippen LogP contribution in [0.3, 0.4) is 0 Å². The Hall–Kier alpha value is -2.70. The number of carbonyl (C=O) groups is 1. The van der Waals surface area contributed by atoms with Gasteiger partial charge in [-0.05, 0) is 60.7 Å². The number of ether oxygens (including phenoxy) is 1. The Labute approximate surface area is 263 Å². The maximum atomic E-state index is 13.5. The molecule has 4 aromatic carbocycles. The van der Waals surface area contributed by atoms with Crippen molar-refractivity contribution in [3.63, 3.8) is 0 Å². The van der Waals surface area contributed by atoms with Crippen molar-refractivity contribution in [2.45, 2.75) is 25.2 Å². The number of aryl methyl sites for hydroxylation is 1. The molecule has 0 saturated carbocycles. The summed E-state index contributed by atoms with van der Waals surface area (Å²) in [4.78, 5) is 12.6. The summed E-state index contributed by atoms with van der Waals surface area (Å²) in [5.74, 6) is -0.987. The van der Waals surface area contributed by atoms with E-state index in [1.807, 2.05) is 6.92 Å². The molecule has 0 saturated heterocycles. The van der Waals surface area contributed by atoms with Gasteiger partial charge in [0.05, 0.1) is 17.3 Å². The minimum absolute atomic E-state index is 0. The van der Waals surface area contributed by atoms with Crippen molar-refractivity contribution in [1.82, 2.24) is 0 Å². The van der Waals surface area contributed by atoms with Gasteiger partial charge in [0.25, 0.3) is 16.0 Å². The Balaban J connectivity index is 0.00000441. The van der Waals surface area contributed by atoms with E-state index < -0.39 is 26.7 Å². The van der Waals surface area contributed by atoms with E-state index >= 15 is 0 Å². The van der Waals surface area contributed by atoms with Crippen molar-refractivity contribution in [2.24, 2.45) is 10.2 Å². The summed E-state index contributed by atoms with van der Waals surface area (Å²) >= 11 is 12.3. The van der Waals surface area contributed by atoms with Gasteiger partial charge in [0.2, 0.25) is 0 Å². The van der Waals surface area contributed by atoms with E-state index in [2.05, 4.69) is 15.5 Å². The number of azo groups is 1. The van der Waals surface area contributed by atoms with Gasteiger partial charge >= 0.3 is 29.6 Å². The molecule has 0 radical (unpaired) electrons. The maximum Gasteiger partial charge on any atom is 1.00 e. The third-order valence-corrected chi connectivity index (χ3v) is 7.28. The summed E-state index contributed by atoms with van der Waals surface area (Å²) in [6.07, 6.45) is 0.452. The van der Waals surface area contributed by atoms with Crippen LogP contribution in [0.2, 0.25) is 10.0 Å². The maximum absolute atomic E-state index is 13.5. The number of amides is 1. The van der Waals surface area contributed by atoms with Gasteiger partial charge in [-0.3, -0.25) is 9.35 Å². The topological polar surface area (TPSA) is 140 Å². The average molecular weight is 610 g/mol. The number of hydrogen-bond acceptors (Lipinski definition) is 7. The molecule has 0 spiro atoms. The second kappa shape index (κ2) is 13.3. The van der Waals surface area contributed by atoms with Gasteiger partial charge in [-0.15, -0.1) is 5.11 Å². The third kappa shape index (κ3) is 6.95. The number of halogens is 2. The zero-order chi connectivity index (χ0) is 28.3. The molecule has 40 heavy (non-hydrogen) atoms. The summed E-state index contributed by atoms with van der Waals surface area (Å²) < 4.78 is 39.0. The number of nitrogens with one attached hydrogen (secondary N) is 1. The quantitative estimate of drug-likeness (QED) is 0.175. The molecule has 0 heterocycles. The third-order valence-electron chi connectivity index (χ3n) is 5.75. The van der Waals surface area contributed by atoms with Gasteiger partial charge in [0.15, 0.2) is 0 Å². The van der Waals surface area contributed by atoms with Crippen molar-refractivity contribution < 1.29 is 57.2 Å². The number of carbonyl (C=O) groups excluding carboxylic acids is 1. The molecule has 0 aromatic heterocycles. The number of hydrogen-bond donors (Lipinski definition) is 2. The summed E-state index contributed by atoms with van der Waals surface area (Å²) in [6.45, 7) is 4.04. The van der Waals surface area contributed by atoms with E-state index in [1.54, 1.807) is 43.3 Å². The Bertz CT molecular complexity index is 1730. The summed E-state index contributed by atoms with van der Waals surface area (Å²) in [6, 6.07) is 15.3. The van der Waals surface area contributed by atoms with Crippen LogP contribution >= 0.6 is 23.2 Å². The first kappa shape index (κ1) is 31.8. The molecule has 13 heteroatoms. The van der Waals surface area contributed by atoms with Gasteiger partial charge in [-0.2, -0.15) is 13.5 Å². The van der Waals surface area contributed by atoms with Crippen LogP contribution in [-0.4, -0.2) is 25.5 Å². The molecule has 2 N–H and O–H groups in total. The van der Waals surface area contributed by atoms with Gasteiger partial charge in [-0.1, -0.05) is 60.1 Å². The van der Waals surface area contributed by atoms with E-state index in [0.29, 0.717) is 40.8 Å². The number of rotatable bonds is 8. The predicted octanol–water partition coefficient (Wildman–Crippen LogP) is 4.10. The van der Waals surface area contributed by atoms with Crippen LogP contribution in [0.25, 0.3) is 10.8 Å². The second-order valence-electron chi connectivity index (χ2n) is 8.30. The minimum Gasteiger partial charge on any atom is -0.870 e. The van der Waals surface area contributed by atoms with Crippen LogP contribution in [0.5, 0.6) is 11.5 Å². The molecule has 0 bridgehead atoms. The number of fused-ring (bicyclic) bond motifs is 1. The van der Waals surface area contributed by atoms with E-state index in [-0.39, 0.29) is 56.5 Å². The minimum atomic E-state index is -4.70. The SMILES string of the molecule is CCOc1ccc(NC(=O)c2cc3ccccc3c(N=Nc3cc(CC)c(Cl)cc3S(=O)(=O)O)c2[O-])cc1Cl.[Na+]. The smallest absolute Gasteiger partial charge is 0.870 e. The van der Waals surface area contributed by atoms with Crippen LogP contribution in [-0.2, 0) is 16.5 Å². The molecule has 0 aliphatic rings. The Morgan fingerprint density at radius 2 is 1.75 bits per heavy atom. The van der Waals surface area contributed by atoms with Crippen LogP contribution in [0.15, 0.2) is 75.8 Å². The molecule has 0 aliphatic heterocycles. The normalized spacial score (nSPS) is 11.4. The summed E-state index contributed by atoms with van der Waals surface area (Å²) in [5, 5.41) is 25.5. The van der Waals surface area contributed by atoms with Crippen molar-refractivity contribution in [3.05, 3.63) is 81.8 Å². The van der Waals surface area contributed by atoms with Crippen LogP contribution in [0, 0.1) is 0 Å². The average Bonchev–Trinajstić information content (AvgIpc) is 2.89. The number of nitrogens with zero attached hydrogens (tertiary/aromatic N) is 2. The summed E-state index contributed by atoms with van der Waals surface area (Å²) in [7, 11) is -4.70. The van der Waals surface area contributed by atoms with Crippen LogP contribution < -0.4 is 44.7 Å². The van der Waals surface area contributed by atoms with Crippen molar-refractivity contribution in [3.8, 4) is 11.5 Å². The largest absolute Gasteiger partial charge is 1.00 e. The van der Waals surface area contributed by atoms with E-state index in [9.17, 15) is 22.9 Å². The first-order chi connectivity index (χ1) is 18.5. The van der Waals surface area contributed by atoms with E-state index in [1.165, 1.54) is 18.2 Å². The molecule has 9 nitrogen and oxygen atoms in total. The zero-order valence-corrected chi connectivity index (χ0v) is 26.1. The number of anilines is 1. The molecule has 0 aliphatic carbocycles. The van der Waals surface area contributed by atoms with Crippen LogP contribution in [0.1, 0.15) is 29.8 Å². The van der Waals surface area contributed by atoms with Crippen molar-refractivity contribution >= 4 is 67.1 Å². The predicted molar refractivity (Wildman–Crippen MR) is 149 cm³/mol. The fraction of sp³-hybridized carbons (Fsp3) is 0.148. The fourth-order valence-electron chi connectivity index (χ4n) is 3.87.